The van der Waals surface area contributed by atoms with Gasteiger partial charge in [0.1, 0.15) is 5.60 Å². The number of alkyl carbamates (subject to hydrolysis) is 1. The van der Waals surface area contributed by atoms with Crippen LogP contribution in [0.15, 0.2) is 4.99 Å². The summed E-state index contributed by atoms with van der Waals surface area (Å²) in [6, 6.07) is 0.110. The molecule has 174 valence electrons. The van der Waals surface area contributed by atoms with Crippen molar-refractivity contribution < 1.29 is 19.1 Å². The maximum atomic E-state index is 12.3. The molecule has 0 aromatic rings. The number of guanidine groups is 1. The smallest absolute Gasteiger partial charge is 0.410 e. The fourth-order valence-corrected chi connectivity index (χ4v) is 3.54. The van der Waals surface area contributed by atoms with Crippen LogP contribution in [-0.4, -0.2) is 85.0 Å². The van der Waals surface area contributed by atoms with E-state index in [0.717, 1.165) is 12.4 Å². The van der Waals surface area contributed by atoms with Gasteiger partial charge in [-0.3, -0.25) is 4.99 Å². The highest BCUT2D eigenvalue weighted by atomic mass is 127. The quantitative estimate of drug-likeness (QED) is 0.505. The molecule has 2 unspecified atom stereocenters. The minimum absolute atomic E-state index is 0. The fourth-order valence-electron chi connectivity index (χ4n) is 3.54. The van der Waals surface area contributed by atoms with Gasteiger partial charge in [-0.1, -0.05) is 13.8 Å². The molecule has 0 bridgehead atoms. The molecule has 30 heavy (non-hydrogen) atoms. The second-order valence-corrected chi connectivity index (χ2v) is 9.01. The van der Waals surface area contributed by atoms with E-state index in [1.165, 1.54) is 0 Å². The van der Waals surface area contributed by atoms with Gasteiger partial charge in [0.2, 0.25) is 0 Å². The molecular weight excluding hydrogens is 501 g/mol. The number of ether oxygens (including phenoxy) is 2. The summed E-state index contributed by atoms with van der Waals surface area (Å²) >= 11 is 0. The molecular formula is C20H38IN5O4. The summed E-state index contributed by atoms with van der Waals surface area (Å²) in [5.41, 5.74) is -0.496. The Morgan fingerprint density at radius 3 is 2.57 bits per heavy atom. The largest absolute Gasteiger partial charge is 0.450 e. The third-order valence-electron chi connectivity index (χ3n) is 4.72. The van der Waals surface area contributed by atoms with Crippen LogP contribution in [0.4, 0.5) is 9.59 Å². The summed E-state index contributed by atoms with van der Waals surface area (Å²) in [5.74, 6) is 1.28. The standard InChI is InChI=1S/C20H37N5O4.HI/c1-7-28-18(26)23-15(10-14(2)3)11-21-17-22-12-16-13-24(8-9-25(16)17)19(27)29-20(4,5)6;/h14-16H,7-13H2,1-6H3,(H,21,22)(H,23,26);1H. The third-order valence-corrected chi connectivity index (χ3v) is 4.72. The van der Waals surface area contributed by atoms with Gasteiger partial charge in [-0.25, -0.2) is 9.59 Å². The average molecular weight is 539 g/mol. The number of hydrogen-bond donors (Lipinski definition) is 2. The van der Waals surface area contributed by atoms with Crippen LogP contribution in [0.5, 0.6) is 0 Å². The van der Waals surface area contributed by atoms with Crippen LogP contribution in [0.25, 0.3) is 0 Å². The molecule has 0 aromatic heterocycles. The van der Waals surface area contributed by atoms with Gasteiger partial charge in [0, 0.05) is 32.2 Å². The minimum Gasteiger partial charge on any atom is -0.450 e. The van der Waals surface area contributed by atoms with Gasteiger partial charge < -0.3 is 29.9 Å². The number of fused-ring (bicyclic) bond motifs is 1. The molecule has 2 atom stereocenters. The van der Waals surface area contributed by atoms with E-state index in [9.17, 15) is 9.59 Å². The third kappa shape index (κ3) is 8.35. The number of aliphatic imine (C=N–C) groups is 1. The van der Waals surface area contributed by atoms with E-state index in [0.29, 0.717) is 45.2 Å². The Bertz CT molecular complexity index is 608. The predicted molar refractivity (Wildman–Crippen MR) is 127 cm³/mol. The average Bonchev–Trinajstić information content (AvgIpc) is 3.00. The number of carbonyl (C=O) groups is 2. The van der Waals surface area contributed by atoms with Crippen LogP contribution in [0, 0.1) is 5.92 Å². The zero-order valence-electron chi connectivity index (χ0n) is 19.1. The van der Waals surface area contributed by atoms with E-state index >= 15 is 0 Å². The highest BCUT2D eigenvalue weighted by molar-refractivity contribution is 14.0. The van der Waals surface area contributed by atoms with E-state index in [4.69, 9.17) is 9.47 Å². The molecule has 1 saturated heterocycles. The number of nitrogens with one attached hydrogen (secondary N) is 2. The Morgan fingerprint density at radius 1 is 1.27 bits per heavy atom. The lowest BCUT2D eigenvalue weighted by Crippen LogP contribution is -2.58. The Balaban J connectivity index is 0.00000450. The first-order valence-electron chi connectivity index (χ1n) is 10.5. The van der Waals surface area contributed by atoms with Crippen molar-refractivity contribution in [2.75, 3.05) is 39.3 Å². The lowest BCUT2D eigenvalue weighted by Gasteiger charge is -2.39. The van der Waals surface area contributed by atoms with E-state index in [2.05, 4.69) is 34.4 Å². The van der Waals surface area contributed by atoms with Crippen LogP contribution < -0.4 is 10.6 Å². The van der Waals surface area contributed by atoms with Crippen molar-refractivity contribution in [3.05, 3.63) is 0 Å². The Hall–Kier alpha value is -1.46. The molecule has 2 aliphatic heterocycles. The molecule has 2 amide bonds. The molecule has 0 aliphatic carbocycles. The van der Waals surface area contributed by atoms with E-state index in [1.54, 1.807) is 11.8 Å². The highest BCUT2D eigenvalue weighted by Crippen LogP contribution is 2.18. The van der Waals surface area contributed by atoms with Gasteiger partial charge in [0.05, 0.1) is 19.2 Å². The molecule has 9 nitrogen and oxygen atoms in total. The van der Waals surface area contributed by atoms with Crippen molar-refractivity contribution in [1.29, 1.82) is 0 Å². The summed E-state index contributed by atoms with van der Waals surface area (Å²) in [6.45, 7) is 15.1. The number of piperazine rings is 1. The molecule has 0 spiro atoms. The van der Waals surface area contributed by atoms with Crippen molar-refractivity contribution in [2.45, 2.75) is 65.6 Å². The summed E-state index contributed by atoms with van der Waals surface area (Å²) < 4.78 is 10.5. The number of rotatable bonds is 6. The molecule has 2 heterocycles. The summed E-state index contributed by atoms with van der Waals surface area (Å²) in [6.07, 6.45) is 0.181. The van der Waals surface area contributed by atoms with E-state index < -0.39 is 11.7 Å². The number of nitrogens with zero attached hydrogens (tertiary/aromatic N) is 3. The molecule has 2 aliphatic rings. The van der Waals surface area contributed by atoms with Gasteiger partial charge in [-0.2, -0.15) is 0 Å². The van der Waals surface area contributed by atoms with Crippen molar-refractivity contribution in [3.8, 4) is 0 Å². The Kier molecular flexibility index (Phi) is 10.5. The SMILES string of the molecule is CCOC(=O)NC(CNC1=NCC2CN(C(=O)OC(C)(C)C)CCN12)CC(C)C.I. The molecule has 2 rings (SSSR count). The van der Waals surface area contributed by atoms with Crippen molar-refractivity contribution >= 4 is 42.1 Å². The molecule has 1 fully saturated rings. The normalized spacial score (nSPS) is 19.4. The zero-order valence-corrected chi connectivity index (χ0v) is 21.4. The first-order valence-corrected chi connectivity index (χ1v) is 10.5. The first-order chi connectivity index (χ1) is 13.6. The monoisotopic (exact) mass is 539 g/mol. The molecule has 0 saturated carbocycles. The maximum absolute atomic E-state index is 12.3. The molecule has 10 heteroatoms. The summed E-state index contributed by atoms with van der Waals surface area (Å²) in [7, 11) is 0. The van der Waals surface area contributed by atoms with Gasteiger partial charge in [0.15, 0.2) is 5.96 Å². The van der Waals surface area contributed by atoms with Gasteiger partial charge in [0.25, 0.3) is 0 Å². The fraction of sp³-hybridized carbons (Fsp3) is 0.850. The minimum atomic E-state index is -0.496. The Morgan fingerprint density at radius 2 is 1.97 bits per heavy atom. The lowest BCUT2D eigenvalue weighted by atomic mass is 10.0. The number of carbonyl (C=O) groups excluding carboxylic acids is 2. The van der Waals surface area contributed by atoms with Crippen LogP contribution in [-0.2, 0) is 9.47 Å². The van der Waals surface area contributed by atoms with Gasteiger partial charge in [-0.05, 0) is 40.0 Å². The van der Waals surface area contributed by atoms with Crippen molar-refractivity contribution in [2.24, 2.45) is 10.9 Å². The molecule has 0 radical (unpaired) electrons. The lowest BCUT2D eigenvalue weighted by molar-refractivity contribution is 0.0137. The van der Waals surface area contributed by atoms with Crippen LogP contribution in [0.3, 0.4) is 0 Å². The van der Waals surface area contributed by atoms with Gasteiger partial charge in [-0.15, -0.1) is 24.0 Å². The Labute approximate surface area is 197 Å². The van der Waals surface area contributed by atoms with E-state index in [-0.39, 0.29) is 42.2 Å². The predicted octanol–water partition coefficient (Wildman–Crippen LogP) is 2.65. The zero-order chi connectivity index (χ0) is 21.6. The second-order valence-electron chi connectivity index (χ2n) is 9.01. The van der Waals surface area contributed by atoms with Crippen molar-refractivity contribution in [1.82, 2.24) is 20.4 Å². The van der Waals surface area contributed by atoms with Crippen LogP contribution in [0.2, 0.25) is 0 Å². The van der Waals surface area contributed by atoms with Crippen LogP contribution >= 0.6 is 24.0 Å². The maximum Gasteiger partial charge on any atom is 0.410 e. The summed E-state index contributed by atoms with van der Waals surface area (Å²) in [4.78, 5) is 32.7. The number of amides is 2. The second kappa shape index (κ2) is 11.8. The highest BCUT2D eigenvalue weighted by Gasteiger charge is 2.36. The van der Waals surface area contributed by atoms with Crippen LogP contribution in [0.1, 0.15) is 48.0 Å². The number of hydrogen-bond acceptors (Lipinski definition) is 7. The summed E-state index contributed by atoms with van der Waals surface area (Å²) in [5, 5.41) is 6.31. The van der Waals surface area contributed by atoms with Gasteiger partial charge >= 0.3 is 12.2 Å². The topological polar surface area (TPSA) is 95.5 Å². The first kappa shape index (κ1) is 26.6. The van der Waals surface area contributed by atoms with E-state index in [1.807, 2.05) is 20.8 Å². The molecule has 0 aromatic carbocycles. The number of halogens is 1. The molecule has 2 N–H and O–H groups in total. The van der Waals surface area contributed by atoms with Crippen molar-refractivity contribution in [3.63, 3.8) is 0 Å².